The molecule has 1 aliphatic rings. The van der Waals surface area contributed by atoms with E-state index in [9.17, 15) is 14.2 Å². The fourth-order valence-corrected chi connectivity index (χ4v) is 5.52. The molecule has 1 saturated heterocycles. The van der Waals surface area contributed by atoms with Crippen LogP contribution >= 0.6 is 7.60 Å². The van der Waals surface area contributed by atoms with Crippen molar-refractivity contribution in [1.82, 2.24) is 9.55 Å². The molecule has 0 aromatic carbocycles. The number of H-pyrrole nitrogens is 1. The minimum atomic E-state index is -3.42. The Morgan fingerprint density at radius 3 is 2.39 bits per heavy atom. The van der Waals surface area contributed by atoms with E-state index in [0.29, 0.717) is 17.6 Å². The topological polar surface area (TPSA) is 109 Å². The molecule has 1 unspecified atom stereocenters. The van der Waals surface area contributed by atoms with Gasteiger partial charge in [0.2, 0.25) is 0 Å². The maximum atomic E-state index is 12.7. The maximum Gasteiger partial charge on any atom is 0.353 e. The number of ether oxygens (including phenoxy) is 1. The molecule has 31 heavy (non-hydrogen) atoms. The van der Waals surface area contributed by atoms with Gasteiger partial charge < -0.3 is 18.2 Å². The van der Waals surface area contributed by atoms with Gasteiger partial charge in [-0.1, -0.05) is 20.8 Å². The minimum absolute atomic E-state index is 0.0347. The van der Waals surface area contributed by atoms with Crippen LogP contribution in [0.3, 0.4) is 0 Å². The average Bonchev–Trinajstić information content (AvgIpc) is 3.06. The Kier molecular flexibility index (Phi) is 7.78. The third-order valence-electron chi connectivity index (χ3n) is 6.10. The molecule has 0 spiro atoms. The third-order valence-corrected chi connectivity index (χ3v) is 12.3. The second-order valence-electron chi connectivity index (χ2n) is 9.42. The van der Waals surface area contributed by atoms with Crippen molar-refractivity contribution in [3.05, 3.63) is 44.0 Å². The molecule has 1 aromatic rings. The zero-order valence-corrected chi connectivity index (χ0v) is 21.7. The summed E-state index contributed by atoms with van der Waals surface area (Å²) < 4.78 is 37.0. The molecule has 2 rings (SSSR count). The summed E-state index contributed by atoms with van der Waals surface area (Å²) in [6.45, 7) is 14.1. The number of aromatic nitrogens is 2. The third kappa shape index (κ3) is 5.74. The molecule has 1 N–H and O–H groups in total. The molecule has 0 aliphatic carbocycles. The van der Waals surface area contributed by atoms with Crippen molar-refractivity contribution in [1.29, 1.82) is 0 Å². The van der Waals surface area contributed by atoms with Crippen molar-refractivity contribution in [2.24, 2.45) is 0 Å². The molecule has 0 radical (unpaired) electrons. The Labute approximate surface area is 184 Å². The predicted octanol–water partition coefficient (Wildman–Crippen LogP) is 3.91. The van der Waals surface area contributed by atoms with E-state index in [1.165, 1.54) is 30.8 Å². The lowest BCUT2D eigenvalue weighted by molar-refractivity contribution is 0.000640. The highest BCUT2D eigenvalue weighted by atomic mass is 31.2. The first-order valence-corrected chi connectivity index (χ1v) is 14.7. The molecular formula is C20H35N2O7PSi. The molecule has 9 nitrogen and oxygen atoms in total. The van der Waals surface area contributed by atoms with Gasteiger partial charge in [0.15, 0.2) is 8.32 Å². The van der Waals surface area contributed by atoms with E-state index >= 15 is 0 Å². The number of aromatic amines is 1. The molecule has 0 saturated carbocycles. The zero-order chi connectivity index (χ0) is 23.8. The highest BCUT2D eigenvalue weighted by Crippen LogP contribution is 2.50. The largest absolute Gasteiger partial charge is 0.411 e. The summed E-state index contributed by atoms with van der Waals surface area (Å²) >= 11 is 0. The molecule has 3 atom stereocenters. The predicted molar refractivity (Wildman–Crippen MR) is 122 cm³/mol. The monoisotopic (exact) mass is 474 g/mol. The van der Waals surface area contributed by atoms with Gasteiger partial charge in [-0.25, -0.2) is 4.79 Å². The van der Waals surface area contributed by atoms with Crippen molar-refractivity contribution < 1.29 is 22.8 Å². The van der Waals surface area contributed by atoms with Gasteiger partial charge in [-0.05, 0) is 37.6 Å². The molecule has 1 aliphatic heterocycles. The van der Waals surface area contributed by atoms with Gasteiger partial charge in [0, 0.05) is 38.2 Å². The summed E-state index contributed by atoms with van der Waals surface area (Å²) in [5.41, 5.74) is 0.0620. The Hall–Kier alpha value is -1.29. The first-order chi connectivity index (χ1) is 14.1. The lowest BCUT2D eigenvalue weighted by Crippen LogP contribution is -2.46. The van der Waals surface area contributed by atoms with E-state index in [1.54, 1.807) is 13.8 Å². The SMILES string of the molecule is COP(=O)(/C=C(\C)[C@H]1O[C@@H](n2cc(C)c(=O)[nH]c2=O)CC1O[Si](C)(C)C(C)(C)C)OC. The van der Waals surface area contributed by atoms with Crippen LogP contribution in [-0.4, -0.2) is 44.3 Å². The number of hydrogen-bond donors (Lipinski definition) is 1. The van der Waals surface area contributed by atoms with Crippen LogP contribution < -0.4 is 11.2 Å². The average molecular weight is 475 g/mol. The van der Waals surface area contributed by atoms with Crippen LogP contribution in [0.15, 0.2) is 27.2 Å². The summed E-state index contributed by atoms with van der Waals surface area (Å²) in [7, 11) is -2.96. The van der Waals surface area contributed by atoms with E-state index in [-0.39, 0.29) is 11.1 Å². The zero-order valence-electron chi connectivity index (χ0n) is 19.8. The van der Waals surface area contributed by atoms with Gasteiger partial charge in [0.1, 0.15) is 12.3 Å². The van der Waals surface area contributed by atoms with Crippen molar-refractivity contribution in [3.8, 4) is 0 Å². The molecule has 2 heterocycles. The Bertz CT molecular complexity index is 984. The number of nitrogens with one attached hydrogen (secondary N) is 1. The summed E-state index contributed by atoms with van der Waals surface area (Å²) in [6, 6.07) is 0. The Balaban J connectivity index is 2.48. The van der Waals surface area contributed by atoms with Crippen LogP contribution in [0, 0.1) is 6.92 Å². The van der Waals surface area contributed by atoms with Crippen LogP contribution in [0.4, 0.5) is 0 Å². The first kappa shape index (κ1) is 26.0. The molecule has 1 fully saturated rings. The maximum absolute atomic E-state index is 12.7. The van der Waals surface area contributed by atoms with Crippen LogP contribution in [0.5, 0.6) is 0 Å². The van der Waals surface area contributed by atoms with Crippen LogP contribution in [0.2, 0.25) is 18.1 Å². The molecular weight excluding hydrogens is 439 g/mol. The Morgan fingerprint density at radius 2 is 1.87 bits per heavy atom. The van der Waals surface area contributed by atoms with Crippen LogP contribution in [-0.2, 0) is 22.8 Å². The molecule has 1 aromatic heterocycles. The molecule has 0 bridgehead atoms. The van der Waals surface area contributed by atoms with Gasteiger partial charge in [-0.3, -0.25) is 18.9 Å². The molecule has 11 heteroatoms. The summed E-state index contributed by atoms with van der Waals surface area (Å²) in [4.78, 5) is 26.5. The van der Waals surface area contributed by atoms with E-state index in [0.717, 1.165) is 0 Å². The van der Waals surface area contributed by atoms with Crippen LogP contribution in [0.25, 0.3) is 0 Å². The van der Waals surface area contributed by atoms with Crippen molar-refractivity contribution in [3.63, 3.8) is 0 Å². The number of hydrogen-bond acceptors (Lipinski definition) is 7. The normalized spacial score (nSPS) is 23.4. The van der Waals surface area contributed by atoms with Crippen LogP contribution in [0.1, 0.15) is 45.9 Å². The van der Waals surface area contributed by atoms with E-state index < -0.39 is 39.5 Å². The fraction of sp³-hybridized carbons (Fsp3) is 0.700. The quantitative estimate of drug-likeness (QED) is 0.471. The van der Waals surface area contributed by atoms with Gasteiger partial charge >= 0.3 is 13.3 Å². The second-order valence-corrected chi connectivity index (χ2v) is 16.2. The number of aryl methyl sites for hydroxylation is 1. The smallest absolute Gasteiger partial charge is 0.353 e. The van der Waals surface area contributed by atoms with Gasteiger partial charge in [0.05, 0.1) is 6.10 Å². The van der Waals surface area contributed by atoms with E-state index in [2.05, 4.69) is 38.8 Å². The van der Waals surface area contributed by atoms with Gasteiger partial charge in [-0.15, -0.1) is 0 Å². The summed E-state index contributed by atoms with van der Waals surface area (Å²) in [5, 5.41) is -0.0347. The first-order valence-electron chi connectivity index (χ1n) is 10.2. The molecule has 0 amide bonds. The van der Waals surface area contributed by atoms with Crippen molar-refractivity contribution in [2.45, 2.75) is 77.6 Å². The molecule has 176 valence electrons. The lowest BCUT2D eigenvalue weighted by atomic mass is 10.1. The van der Waals surface area contributed by atoms with Crippen molar-refractivity contribution in [2.75, 3.05) is 14.2 Å². The number of nitrogens with zero attached hydrogens (tertiary/aromatic N) is 1. The standard InChI is InChI=1S/C20H35N2O7PSi/c1-13-11-22(19(24)21-18(13)23)16-10-15(29-31(8,9)20(3,4)5)17(28-16)14(2)12-30(25,26-6)27-7/h11-12,15-17H,10H2,1-9H3,(H,21,23,24)/b14-12+/t15?,16-,17-/m1/s1. The summed E-state index contributed by atoms with van der Waals surface area (Å²) in [5.74, 6) is 1.43. The van der Waals surface area contributed by atoms with Crippen molar-refractivity contribution >= 4 is 15.9 Å². The second kappa shape index (κ2) is 9.29. The fourth-order valence-electron chi connectivity index (χ4n) is 3.18. The van der Waals surface area contributed by atoms with E-state index in [4.69, 9.17) is 18.2 Å². The van der Waals surface area contributed by atoms with E-state index in [1.807, 2.05) is 0 Å². The van der Waals surface area contributed by atoms with Gasteiger partial charge in [-0.2, -0.15) is 0 Å². The highest BCUT2D eigenvalue weighted by Gasteiger charge is 2.46. The highest BCUT2D eigenvalue weighted by molar-refractivity contribution is 7.57. The minimum Gasteiger partial charge on any atom is -0.411 e. The lowest BCUT2D eigenvalue weighted by Gasteiger charge is -2.39. The summed E-state index contributed by atoms with van der Waals surface area (Å²) in [6.07, 6.45) is 0.320. The Morgan fingerprint density at radius 1 is 1.29 bits per heavy atom. The van der Waals surface area contributed by atoms with Gasteiger partial charge in [0.25, 0.3) is 5.56 Å². The number of rotatable bonds is 7.